The standard InChI is InChI=1S/C20H26N2O5/c1-25-17-4-2-3-15(11-17)13-22-14-16(12-18(22)23)19(24)21-7-5-20(6-8-21)26-9-10-27-20/h2-4,11,16H,5-10,12-14H2,1H3. The lowest BCUT2D eigenvalue weighted by Gasteiger charge is -2.38. The van der Waals surface area contributed by atoms with Crippen LogP contribution in [0.4, 0.5) is 0 Å². The number of amides is 2. The van der Waals surface area contributed by atoms with E-state index in [-0.39, 0.29) is 24.2 Å². The second kappa shape index (κ2) is 7.48. The van der Waals surface area contributed by atoms with Gasteiger partial charge in [0, 0.05) is 45.4 Å². The molecule has 1 aromatic carbocycles. The molecule has 1 spiro atoms. The van der Waals surface area contributed by atoms with Gasteiger partial charge in [-0.15, -0.1) is 0 Å². The fraction of sp³-hybridized carbons (Fsp3) is 0.600. The van der Waals surface area contributed by atoms with Crippen molar-refractivity contribution in [2.45, 2.75) is 31.6 Å². The van der Waals surface area contributed by atoms with Gasteiger partial charge >= 0.3 is 0 Å². The maximum Gasteiger partial charge on any atom is 0.228 e. The molecule has 1 atom stereocenters. The second-order valence-electron chi connectivity index (χ2n) is 7.46. The first kappa shape index (κ1) is 18.3. The van der Waals surface area contributed by atoms with Gasteiger partial charge in [0.1, 0.15) is 5.75 Å². The molecule has 0 aromatic heterocycles. The minimum atomic E-state index is -0.485. The Morgan fingerprint density at radius 2 is 2.00 bits per heavy atom. The van der Waals surface area contributed by atoms with E-state index in [4.69, 9.17) is 14.2 Å². The molecule has 1 aromatic rings. The summed E-state index contributed by atoms with van der Waals surface area (Å²) in [6.07, 6.45) is 1.69. The Balaban J connectivity index is 1.33. The third-order valence-electron chi connectivity index (χ3n) is 5.72. The Bertz CT molecular complexity index is 706. The van der Waals surface area contributed by atoms with Crippen molar-refractivity contribution in [3.63, 3.8) is 0 Å². The van der Waals surface area contributed by atoms with E-state index >= 15 is 0 Å². The average molecular weight is 374 g/mol. The smallest absolute Gasteiger partial charge is 0.228 e. The summed E-state index contributed by atoms with van der Waals surface area (Å²) in [5.41, 5.74) is 1.01. The SMILES string of the molecule is COc1cccc(CN2CC(C(=O)N3CCC4(CC3)OCCO4)CC2=O)c1. The van der Waals surface area contributed by atoms with Gasteiger partial charge < -0.3 is 24.0 Å². The molecule has 0 N–H and O–H groups in total. The van der Waals surface area contributed by atoms with Gasteiger partial charge in [-0.2, -0.15) is 0 Å². The summed E-state index contributed by atoms with van der Waals surface area (Å²) in [5, 5.41) is 0. The first-order chi connectivity index (χ1) is 13.1. The predicted octanol–water partition coefficient (Wildman–Crippen LogP) is 1.41. The van der Waals surface area contributed by atoms with E-state index in [9.17, 15) is 9.59 Å². The first-order valence-corrected chi connectivity index (χ1v) is 9.56. The fourth-order valence-electron chi connectivity index (χ4n) is 4.19. The number of nitrogens with zero attached hydrogens (tertiary/aromatic N) is 2. The highest BCUT2D eigenvalue weighted by Gasteiger charge is 2.43. The van der Waals surface area contributed by atoms with Gasteiger partial charge in [0.15, 0.2) is 5.79 Å². The molecule has 27 heavy (non-hydrogen) atoms. The summed E-state index contributed by atoms with van der Waals surface area (Å²) in [4.78, 5) is 28.9. The molecule has 3 fully saturated rings. The normalized spacial score (nSPS) is 24.6. The molecule has 1 unspecified atom stereocenters. The minimum Gasteiger partial charge on any atom is -0.497 e. The van der Waals surface area contributed by atoms with E-state index in [1.54, 1.807) is 12.0 Å². The third-order valence-corrected chi connectivity index (χ3v) is 5.72. The van der Waals surface area contributed by atoms with Crippen LogP contribution in [0.25, 0.3) is 0 Å². The van der Waals surface area contributed by atoms with E-state index in [2.05, 4.69) is 0 Å². The highest BCUT2D eigenvalue weighted by molar-refractivity contribution is 5.89. The number of hydrogen-bond donors (Lipinski definition) is 0. The van der Waals surface area contributed by atoms with Gasteiger partial charge in [-0.05, 0) is 17.7 Å². The maximum absolute atomic E-state index is 12.9. The van der Waals surface area contributed by atoms with Crippen molar-refractivity contribution >= 4 is 11.8 Å². The molecule has 0 saturated carbocycles. The summed E-state index contributed by atoms with van der Waals surface area (Å²) in [6, 6.07) is 7.68. The van der Waals surface area contributed by atoms with Crippen LogP contribution in [0.1, 0.15) is 24.8 Å². The lowest BCUT2D eigenvalue weighted by molar-refractivity contribution is -0.188. The van der Waals surface area contributed by atoms with E-state index < -0.39 is 5.79 Å². The number of piperidine rings is 1. The number of carbonyl (C=O) groups is 2. The Morgan fingerprint density at radius 3 is 2.70 bits per heavy atom. The van der Waals surface area contributed by atoms with Crippen molar-refractivity contribution < 1.29 is 23.8 Å². The number of carbonyl (C=O) groups excluding carboxylic acids is 2. The number of ether oxygens (including phenoxy) is 3. The highest BCUT2D eigenvalue weighted by atomic mass is 16.7. The van der Waals surface area contributed by atoms with E-state index in [1.807, 2.05) is 29.2 Å². The molecule has 0 radical (unpaired) electrons. The molecule has 0 bridgehead atoms. The number of benzene rings is 1. The van der Waals surface area contributed by atoms with Gasteiger partial charge in [-0.1, -0.05) is 12.1 Å². The Hall–Kier alpha value is -2.12. The summed E-state index contributed by atoms with van der Waals surface area (Å²) in [6.45, 7) is 3.49. The Kier molecular flexibility index (Phi) is 5.06. The molecule has 3 heterocycles. The molecule has 2 amide bonds. The van der Waals surface area contributed by atoms with Gasteiger partial charge in [0.05, 0.1) is 26.2 Å². The van der Waals surface area contributed by atoms with E-state index in [0.29, 0.717) is 52.2 Å². The zero-order chi connectivity index (χ0) is 18.9. The topological polar surface area (TPSA) is 68.3 Å². The lowest BCUT2D eigenvalue weighted by Crippen LogP contribution is -2.49. The van der Waals surface area contributed by atoms with Gasteiger partial charge in [-0.25, -0.2) is 0 Å². The van der Waals surface area contributed by atoms with Crippen LogP contribution in [0.15, 0.2) is 24.3 Å². The Labute approximate surface area is 159 Å². The van der Waals surface area contributed by atoms with Crippen LogP contribution in [-0.4, -0.2) is 67.4 Å². The summed E-state index contributed by atoms with van der Waals surface area (Å²) in [7, 11) is 1.62. The lowest BCUT2D eigenvalue weighted by atomic mass is 10.0. The van der Waals surface area contributed by atoms with Crippen molar-refractivity contribution in [3.05, 3.63) is 29.8 Å². The Morgan fingerprint density at radius 1 is 1.26 bits per heavy atom. The minimum absolute atomic E-state index is 0.0344. The number of rotatable bonds is 4. The summed E-state index contributed by atoms with van der Waals surface area (Å²) in [5.74, 6) is 0.130. The number of hydrogen-bond acceptors (Lipinski definition) is 5. The van der Waals surface area contributed by atoms with Crippen molar-refractivity contribution in [3.8, 4) is 5.75 Å². The quantitative estimate of drug-likeness (QED) is 0.797. The molecular weight excluding hydrogens is 348 g/mol. The molecule has 4 rings (SSSR count). The first-order valence-electron chi connectivity index (χ1n) is 9.56. The molecule has 7 nitrogen and oxygen atoms in total. The van der Waals surface area contributed by atoms with Crippen LogP contribution in [0.3, 0.4) is 0 Å². The van der Waals surface area contributed by atoms with Crippen LogP contribution in [0, 0.1) is 5.92 Å². The summed E-state index contributed by atoms with van der Waals surface area (Å²) >= 11 is 0. The summed E-state index contributed by atoms with van der Waals surface area (Å²) < 4.78 is 16.7. The van der Waals surface area contributed by atoms with Crippen molar-refractivity contribution in [1.29, 1.82) is 0 Å². The molecular formula is C20H26N2O5. The number of methoxy groups -OCH3 is 1. The van der Waals surface area contributed by atoms with E-state index in [1.165, 1.54) is 0 Å². The molecule has 146 valence electrons. The predicted molar refractivity (Wildman–Crippen MR) is 97.0 cm³/mol. The zero-order valence-corrected chi connectivity index (χ0v) is 15.7. The molecule has 3 aliphatic heterocycles. The van der Waals surface area contributed by atoms with Crippen molar-refractivity contribution in [2.24, 2.45) is 5.92 Å². The highest BCUT2D eigenvalue weighted by Crippen LogP contribution is 2.32. The average Bonchev–Trinajstić information content (AvgIpc) is 3.29. The van der Waals surface area contributed by atoms with Crippen LogP contribution >= 0.6 is 0 Å². The van der Waals surface area contributed by atoms with Gasteiger partial charge in [0.2, 0.25) is 11.8 Å². The van der Waals surface area contributed by atoms with Crippen LogP contribution < -0.4 is 4.74 Å². The molecule has 3 aliphatic rings. The second-order valence-corrected chi connectivity index (χ2v) is 7.46. The monoisotopic (exact) mass is 374 g/mol. The number of likely N-dealkylation sites (tertiary alicyclic amines) is 2. The van der Waals surface area contributed by atoms with Crippen molar-refractivity contribution in [1.82, 2.24) is 9.80 Å². The van der Waals surface area contributed by atoms with Crippen LogP contribution in [0.2, 0.25) is 0 Å². The molecule has 3 saturated heterocycles. The molecule has 0 aliphatic carbocycles. The van der Waals surface area contributed by atoms with Crippen LogP contribution in [0.5, 0.6) is 5.75 Å². The zero-order valence-electron chi connectivity index (χ0n) is 15.7. The van der Waals surface area contributed by atoms with E-state index in [0.717, 1.165) is 11.3 Å². The van der Waals surface area contributed by atoms with Crippen molar-refractivity contribution in [2.75, 3.05) is 40.0 Å². The third kappa shape index (κ3) is 3.80. The van der Waals surface area contributed by atoms with Gasteiger partial charge in [-0.3, -0.25) is 9.59 Å². The molecule has 7 heteroatoms. The fourth-order valence-corrected chi connectivity index (χ4v) is 4.19. The van der Waals surface area contributed by atoms with Gasteiger partial charge in [0.25, 0.3) is 0 Å². The largest absolute Gasteiger partial charge is 0.497 e. The van der Waals surface area contributed by atoms with Crippen LogP contribution in [-0.2, 0) is 25.6 Å². The maximum atomic E-state index is 12.9.